The second kappa shape index (κ2) is 3.74. The molecule has 0 unspecified atom stereocenters. The van der Waals surface area contributed by atoms with Crippen LogP contribution in [0.15, 0.2) is 23.8 Å². The van der Waals surface area contributed by atoms with Gasteiger partial charge >= 0.3 is 5.97 Å². The van der Waals surface area contributed by atoms with Gasteiger partial charge in [-0.1, -0.05) is 37.6 Å². The smallest absolute Gasteiger partial charge is 0.323 e. The number of esters is 1. The van der Waals surface area contributed by atoms with Crippen molar-refractivity contribution >= 4 is 5.97 Å². The number of hydrogen-bond donors (Lipinski definition) is 1. The maximum Gasteiger partial charge on any atom is 0.323 e. The Balaban J connectivity index is 2.34. The van der Waals surface area contributed by atoms with Crippen LogP contribution in [0.4, 0.5) is 0 Å². The van der Waals surface area contributed by atoms with Crippen molar-refractivity contribution in [2.24, 2.45) is 11.3 Å². The first kappa shape index (κ1) is 11.4. The molecule has 3 nitrogen and oxygen atoms in total. The average molecular weight is 221 g/mol. The van der Waals surface area contributed by atoms with Crippen molar-refractivity contribution in [2.75, 3.05) is 7.11 Å². The minimum absolute atomic E-state index is 0.178. The number of rotatable bonds is 1. The van der Waals surface area contributed by atoms with Crippen molar-refractivity contribution in [1.29, 1.82) is 0 Å². The summed E-state index contributed by atoms with van der Waals surface area (Å²) in [6, 6.07) is 0.0250. The summed E-state index contributed by atoms with van der Waals surface area (Å²) in [5.41, 5.74) is 1.14. The molecule has 1 aliphatic heterocycles. The van der Waals surface area contributed by atoms with Gasteiger partial charge in [-0.3, -0.25) is 4.79 Å². The minimum Gasteiger partial charge on any atom is -0.468 e. The van der Waals surface area contributed by atoms with Gasteiger partial charge in [0.2, 0.25) is 0 Å². The van der Waals surface area contributed by atoms with Crippen LogP contribution in [0.25, 0.3) is 0 Å². The second-order valence-corrected chi connectivity index (χ2v) is 5.17. The summed E-state index contributed by atoms with van der Waals surface area (Å²) in [4.78, 5) is 11.8. The van der Waals surface area contributed by atoms with E-state index in [0.717, 1.165) is 0 Å². The molecule has 0 aromatic heterocycles. The molecule has 0 aromatic carbocycles. The number of fused-ring (bicyclic) bond motifs is 1. The molecule has 1 saturated heterocycles. The lowest BCUT2D eigenvalue weighted by atomic mass is 9.68. The standard InChI is InChI=1S/C13H19NO2/c1-8-9-6-5-7-10(9)13(2,3)11(14-8)12(15)16-4/h5-9,11,14H,1-4H3/t8-,9-,11+/m1/s1. The first-order valence-corrected chi connectivity index (χ1v) is 5.71. The van der Waals surface area contributed by atoms with E-state index < -0.39 is 0 Å². The van der Waals surface area contributed by atoms with Crippen LogP contribution in [-0.2, 0) is 9.53 Å². The van der Waals surface area contributed by atoms with Gasteiger partial charge in [-0.25, -0.2) is 0 Å². The van der Waals surface area contributed by atoms with Gasteiger partial charge in [-0.05, 0) is 6.92 Å². The predicted octanol–water partition coefficient (Wildman–Crippen LogP) is 1.66. The van der Waals surface area contributed by atoms with Gasteiger partial charge in [0.05, 0.1) is 7.11 Å². The molecule has 1 N–H and O–H groups in total. The molecule has 3 atom stereocenters. The summed E-state index contributed by atoms with van der Waals surface area (Å²) in [7, 11) is 1.44. The molecule has 1 fully saturated rings. The number of ether oxygens (including phenoxy) is 1. The van der Waals surface area contributed by atoms with Crippen molar-refractivity contribution in [1.82, 2.24) is 5.32 Å². The van der Waals surface area contributed by atoms with Crippen molar-refractivity contribution in [2.45, 2.75) is 32.9 Å². The third kappa shape index (κ3) is 1.50. The highest BCUT2D eigenvalue weighted by Crippen LogP contribution is 2.44. The molecule has 88 valence electrons. The van der Waals surface area contributed by atoms with E-state index in [4.69, 9.17) is 4.74 Å². The van der Waals surface area contributed by atoms with Crippen LogP contribution >= 0.6 is 0 Å². The molecular formula is C13H19NO2. The number of carbonyl (C=O) groups excluding carboxylic acids is 1. The molecule has 2 rings (SSSR count). The zero-order valence-electron chi connectivity index (χ0n) is 10.3. The van der Waals surface area contributed by atoms with Crippen LogP contribution in [0.1, 0.15) is 20.8 Å². The Labute approximate surface area is 96.6 Å². The predicted molar refractivity (Wildman–Crippen MR) is 62.9 cm³/mol. The molecule has 3 heteroatoms. The van der Waals surface area contributed by atoms with Crippen LogP contribution in [0, 0.1) is 11.3 Å². The van der Waals surface area contributed by atoms with Gasteiger partial charge in [0.1, 0.15) is 6.04 Å². The lowest BCUT2D eigenvalue weighted by molar-refractivity contribution is -0.146. The van der Waals surface area contributed by atoms with Crippen LogP contribution in [-0.4, -0.2) is 25.2 Å². The van der Waals surface area contributed by atoms with Crippen molar-refractivity contribution in [3.05, 3.63) is 23.8 Å². The Morgan fingerprint density at radius 1 is 1.50 bits per heavy atom. The Morgan fingerprint density at radius 2 is 2.19 bits per heavy atom. The van der Waals surface area contributed by atoms with E-state index in [1.165, 1.54) is 12.7 Å². The van der Waals surface area contributed by atoms with E-state index >= 15 is 0 Å². The van der Waals surface area contributed by atoms with Crippen molar-refractivity contribution < 1.29 is 9.53 Å². The van der Waals surface area contributed by atoms with E-state index in [1.807, 2.05) is 0 Å². The Hall–Kier alpha value is -1.09. The van der Waals surface area contributed by atoms with Gasteiger partial charge in [0.25, 0.3) is 0 Å². The quantitative estimate of drug-likeness (QED) is 0.684. The summed E-state index contributed by atoms with van der Waals surface area (Å²) in [5.74, 6) is 0.235. The topological polar surface area (TPSA) is 38.3 Å². The van der Waals surface area contributed by atoms with E-state index in [1.54, 1.807) is 0 Å². The molecule has 1 heterocycles. The third-order valence-electron chi connectivity index (χ3n) is 3.82. The molecule has 0 radical (unpaired) electrons. The lowest BCUT2D eigenvalue weighted by Gasteiger charge is -2.45. The number of allylic oxidation sites excluding steroid dienone is 2. The van der Waals surface area contributed by atoms with E-state index in [9.17, 15) is 4.79 Å². The monoisotopic (exact) mass is 221 g/mol. The Bertz CT molecular complexity index is 368. The number of hydrogen-bond acceptors (Lipinski definition) is 3. The molecule has 0 aromatic rings. The summed E-state index contributed by atoms with van der Waals surface area (Å²) in [6.45, 7) is 6.30. The molecule has 2 aliphatic rings. The molecule has 0 saturated carbocycles. The molecule has 1 aliphatic carbocycles. The van der Waals surface area contributed by atoms with Gasteiger partial charge in [0.15, 0.2) is 0 Å². The Kier molecular flexibility index (Phi) is 2.66. The first-order chi connectivity index (χ1) is 7.48. The zero-order chi connectivity index (χ0) is 11.9. The van der Waals surface area contributed by atoms with Crippen molar-refractivity contribution in [3.63, 3.8) is 0 Å². The normalized spacial score (nSPS) is 35.5. The van der Waals surface area contributed by atoms with Gasteiger partial charge in [-0.2, -0.15) is 0 Å². The summed E-state index contributed by atoms with van der Waals surface area (Å²) < 4.78 is 4.87. The first-order valence-electron chi connectivity index (χ1n) is 5.71. The van der Waals surface area contributed by atoms with Gasteiger partial charge < -0.3 is 10.1 Å². The van der Waals surface area contributed by atoms with E-state index in [0.29, 0.717) is 5.92 Å². The van der Waals surface area contributed by atoms with E-state index in [-0.39, 0.29) is 23.5 Å². The van der Waals surface area contributed by atoms with Crippen LogP contribution in [0.5, 0.6) is 0 Å². The fourth-order valence-corrected chi connectivity index (χ4v) is 2.80. The largest absolute Gasteiger partial charge is 0.468 e. The fraction of sp³-hybridized carbons (Fsp3) is 0.615. The number of piperidine rings is 1. The highest BCUT2D eigenvalue weighted by Gasteiger charge is 2.47. The Morgan fingerprint density at radius 3 is 2.81 bits per heavy atom. The molecular weight excluding hydrogens is 202 g/mol. The molecule has 16 heavy (non-hydrogen) atoms. The van der Waals surface area contributed by atoms with Gasteiger partial charge in [-0.15, -0.1) is 0 Å². The van der Waals surface area contributed by atoms with Gasteiger partial charge in [0, 0.05) is 17.4 Å². The van der Waals surface area contributed by atoms with E-state index in [2.05, 4.69) is 44.3 Å². The van der Waals surface area contributed by atoms with Crippen molar-refractivity contribution in [3.8, 4) is 0 Å². The lowest BCUT2D eigenvalue weighted by Crippen LogP contribution is -2.59. The van der Waals surface area contributed by atoms with Crippen LogP contribution < -0.4 is 5.32 Å². The second-order valence-electron chi connectivity index (χ2n) is 5.17. The highest BCUT2D eigenvalue weighted by atomic mass is 16.5. The summed E-state index contributed by atoms with van der Waals surface area (Å²) >= 11 is 0. The molecule has 0 amide bonds. The van der Waals surface area contributed by atoms with Crippen LogP contribution in [0.3, 0.4) is 0 Å². The number of nitrogens with one attached hydrogen (secondary N) is 1. The summed E-state index contributed by atoms with van der Waals surface area (Å²) in [6.07, 6.45) is 6.42. The molecule has 0 bridgehead atoms. The summed E-state index contributed by atoms with van der Waals surface area (Å²) in [5, 5.41) is 3.36. The SMILES string of the molecule is COC(=O)[C@@H]1N[C@H](C)[C@H]2C=CC=C2C1(C)C. The number of methoxy groups -OCH3 is 1. The zero-order valence-corrected chi connectivity index (χ0v) is 10.3. The third-order valence-corrected chi connectivity index (χ3v) is 3.82. The van der Waals surface area contributed by atoms with Crippen LogP contribution in [0.2, 0.25) is 0 Å². The number of carbonyl (C=O) groups is 1. The maximum atomic E-state index is 11.8. The highest BCUT2D eigenvalue weighted by molar-refractivity contribution is 5.78. The maximum absolute atomic E-state index is 11.8. The fourth-order valence-electron chi connectivity index (χ4n) is 2.80. The minimum atomic E-state index is -0.255. The molecule has 0 spiro atoms. The average Bonchev–Trinajstić information content (AvgIpc) is 2.72.